The third-order valence-corrected chi connectivity index (χ3v) is 1.94. The van der Waals surface area contributed by atoms with Crippen LogP contribution in [0.3, 0.4) is 0 Å². The van der Waals surface area contributed by atoms with E-state index in [0.717, 1.165) is 6.07 Å². The first-order valence-corrected chi connectivity index (χ1v) is 3.87. The van der Waals surface area contributed by atoms with E-state index < -0.39 is 11.9 Å². The minimum Gasteiger partial charge on any atom is -0.487 e. The van der Waals surface area contributed by atoms with Crippen LogP contribution in [0.5, 0.6) is 0 Å². The average molecular weight is 201 g/mol. The molecule has 0 fully saturated rings. The number of halogens is 3. The number of rotatable bonds is 0. The van der Waals surface area contributed by atoms with Crippen LogP contribution in [-0.4, -0.2) is 4.98 Å². The van der Waals surface area contributed by atoms with Crippen LogP contribution in [0.15, 0.2) is 18.7 Å². The van der Waals surface area contributed by atoms with E-state index in [9.17, 15) is 13.2 Å². The van der Waals surface area contributed by atoms with Gasteiger partial charge in [0.25, 0.3) is 0 Å². The number of pyridine rings is 1. The molecule has 0 atom stereocenters. The minimum atomic E-state index is -4.42. The number of fused-ring (bicyclic) bond motifs is 1. The van der Waals surface area contributed by atoms with Gasteiger partial charge >= 0.3 is 6.18 Å². The van der Waals surface area contributed by atoms with Gasteiger partial charge in [-0.2, -0.15) is 13.2 Å². The Morgan fingerprint density at radius 1 is 1.36 bits per heavy atom. The molecule has 74 valence electrons. The predicted octanol–water partition coefficient (Wildman–Crippen LogP) is 2.60. The lowest BCUT2D eigenvalue weighted by Crippen LogP contribution is -2.09. The van der Waals surface area contributed by atoms with E-state index in [1.165, 1.54) is 6.07 Å². The van der Waals surface area contributed by atoms with Crippen molar-refractivity contribution < 1.29 is 17.9 Å². The highest BCUT2D eigenvalue weighted by Gasteiger charge is 2.34. The third kappa shape index (κ3) is 1.34. The van der Waals surface area contributed by atoms with Gasteiger partial charge < -0.3 is 4.74 Å². The van der Waals surface area contributed by atoms with Crippen molar-refractivity contribution in [2.45, 2.75) is 12.8 Å². The second-order valence-corrected chi connectivity index (χ2v) is 2.91. The minimum absolute atomic E-state index is 0.200. The fourth-order valence-electron chi connectivity index (χ4n) is 1.24. The summed E-state index contributed by atoms with van der Waals surface area (Å²) in [6.07, 6.45) is -4.42. The van der Waals surface area contributed by atoms with Crippen molar-refractivity contribution in [2.75, 3.05) is 0 Å². The van der Waals surface area contributed by atoms with E-state index in [1.54, 1.807) is 0 Å². The average Bonchev–Trinajstić information content (AvgIpc) is 2.46. The maximum atomic E-state index is 12.3. The molecule has 1 aromatic heterocycles. The second-order valence-electron chi connectivity index (χ2n) is 2.91. The van der Waals surface area contributed by atoms with E-state index >= 15 is 0 Å². The number of nitrogens with zero attached hydrogens (tertiary/aromatic N) is 1. The largest absolute Gasteiger partial charge is 0.487 e. The molecule has 0 bridgehead atoms. The smallest absolute Gasteiger partial charge is 0.433 e. The van der Waals surface area contributed by atoms with Gasteiger partial charge in [0.2, 0.25) is 0 Å². The SMILES string of the molecule is C=C1OCc2ccc(C(F)(F)F)nc21. The Kier molecular flexibility index (Phi) is 1.77. The maximum absolute atomic E-state index is 12.3. The van der Waals surface area contributed by atoms with Gasteiger partial charge in [0.15, 0.2) is 0 Å². The fraction of sp³-hybridized carbons (Fsp3) is 0.222. The van der Waals surface area contributed by atoms with Gasteiger partial charge in [-0.05, 0) is 6.07 Å². The predicted molar refractivity (Wildman–Crippen MR) is 43.1 cm³/mol. The highest BCUT2D eigenvalue weighted by molar-refractivity contribution is 5.60. The number of hydrogen-bond donors (Lipinski definition) is 0. The molecule has 0 spiro atoms. The molecule has 1 aromatic rings. The molecule has 0 N–H and O–H groups in total. The molecule has 0 unspecified atom stereocenters. The Balaban J connectivity index is 2.50. The lowest BCUT2D eigenvalue weighted by Gasteiger charge is -2.06. The molecule has 0 saturated carbocycles. The van der Waals surface area contributed by atoms with Gasteiger partial charge in [-0.25, -0.2) is 4.98 Å². The summed E-state index contributed by atoms with van der Waals surface area (Å²) in [5.74, 6) is 0.200. The monoisotopic (exact) mass is 201 g/mol. The molecule has 0 saturated heterocycles. The number of aromatic nitrogens is 1. The molecular formula is C9H6F3NO. The van der Waals surface area contributed by atoms with Crippen molar-refractivity contribution in [3.63, 3.8) is 0 Å². The third-order valence-electron chi connectivity index (χ3n) is 1.94. The van der Waals surface area contributed by atoms with Crippen LogP contribution in [0.25, 0.3) is 5.76 Å². The highest BCUT2D eigenvalue weighted by Crippen LogP contribution is 2.32. The Bertz CT molecular complexity index is 398. The van der Waals surface area contributed by atoms with Crippen LogP contribution in [0.4, 0.5) is 13.2 Å². The molecule has 0 aliphatic carbocycles. The summed E-state index contributed by atoms with van der Waals surface area (Å²) in [4.78, 5) is 3.46. The number of ether oxygens (including phenoxy) is 1. The first-order valence-electron chi connectivity index (χ1n) is 3.87. The van der Waals surface area contributed by atoms with Crippen molar-refractivity contribution >= 4 is 5.76 Å². The molecular weight excluding hydrogens is 195 g/mol. The highest BCUT2D eigenvalue weighted by atomic mass is 19.4. The summed E-state index contributed by atoms with van der Waals surface area (Å²) in [5.41, 5.74) is -0.0641. The van der Waals surface area contributed by atoms with E-state index in [2.05, 4.69) is 11.6 Å². The van der Waals surface area contributed by atoms with E-state index in [0.29, 0.717) is 5.56 Å². The van der Waals surface area contributed by atoms with Crippen LogP contribution in [0.2, 0.25) is 0 Å². The molecule has 2 rings (SSSR count). The topological polar surface area (TPSA) is 22.1 Å². The van der Waals surface area contributed by atoms with Gasteiger partial charge in [0.1, 0.15) is 23.8 Å². The van der Waals surface area contributed by atoms with Crippen molar-refractivity contribution in [1.82, 2.24) is 4.98 Å². The molecule has 1 aliphatic rings. The summed E-state index contributed by atoms with van der Waals surface area (Å²) in [6.45, 7) is 3.72. The van der Waals surface area contributed by atoms with Crippen molar-refractivity contribution in [1.29, 1.82) is 0 Å². The first-order chi connectivity index (χ1) is 6.48. The Labute approximate surface area is 78.0 Å². The normalized spacial score (nSPS) is 15.2. The molecule has 14 heavy (non-hydrogen) atoms. The van der Waals surface area contributed by atoms with Crippen molar-refractivity contribution in [3.8, 4) is 0 Å². The first kappa shape index (κ1) is 9.05. The Morgan fingerprint density at radius 2 is 2.07 bits per heavy atom. The number of hydrogen-bond acceptors (Lipinski definition) is 2. The summed E-state index contributed by atoms with van der Waals surface area (Å²) in [5, 5.41) is 0. The van der Waals surface area contributed by atoms with Crippen LogP contribution in [0.1, 0.15) is 17.0 Å². The summed E-state index contributed by atoms with van der Waals surface area (Å²) in [7, 11) is 0. The van der Waals surface area contributed by atoms with Gasteiger partial charge in [-0.3, -0.25) is 0 Å². The fourth-order valence-corrected chi connectivity index (χ4v) is 1.24. The van der Waals surface area contributed by atoms with E-state index in [-0.39, 0.29) is 18.1 Å². The van der Waals surface area contributed by atoms with Crippen LogP contribution < -0.4 is 0 Å². The van der Waals surface area contributed by atoms with Gasteiger partial charge in [0, 0.05) is 5.56 Å². The van der Waals surface area contributed by atoms with Gasteiger partial charge in [-0.15, -0.1) is 0 Å². The molecule has 0 amide bonds. The van der Waals surface area contributed by atoms with Gasteiger partial charge in [-0.1, -0.05) is 12.6 Å². The number of alkyl halides is 3. The summed E-state index contributed by atoms with van der Waals surface area (Å²) < 4.78 is 41.7. The molecule has 5 heteroatoms. The van der Waals surface area contributed by atoms with Crippen LogP contribution >= 0.6 is 0 Å². The standard InChI is InChI=1S/C9H6F3NO/c1-5-8-6(4-14-5)2-3-7(13-8)9(10,11)12/h2-3H,1,4H2. The maximum Gasteiger partial charge on any atom is 0.433 e. The van der Waals surface area contributed by atoms with E-state index in [1.807, 2.05) is 0 Å². The summed E-state index contributed by atoms with van der Waals surface area (Å²) in [6, 6.07) is 2.31. The molecule has 2 heterocycles. The lowest BCUT2D eigenvalue weighted by molar-refractivity contribution is -0.141. The summed E-state index contributed by atoms with van der Waals surface area (Å²) >= 11 is 0. The second kappa shape index (κ2) is 2.73. The van der Waals surface area contributed by atoms with Crippen molar-refractivity contribution in [2.24, 2.45) is 0 Å². The van der Waals surface area contributed by atoms with E-state index in [4.69, 9.17) is 4.74 Å². The Hall–Kier alpha value is -1.52. The van der Waals surface area contributed by atoms with Crippen LogP contribution in [0, 0.1) is 0 Å². The molecule has 1 aliphatic heterocycles. The molecule has 2 nitrogen and oxygen atoms in total. The Morgan fingerprint density at radius 3 is 2.71 bits per heavy atom. The quantitative estimate of drug-likeness (QED) is 0.643. The van der Waals surface area contributed by atoms with Gasteiger partial charge in [0.05, 0.1) is 0 Å². The molecule has 0 radical (unpaired) electrons. The van der Waals surface area contributed by atoms with Crippen LogP contribution in [-0.2, 0) is 17.5 Å². The molecule has 0 aromatic carbocycles. The zero-order valence-electron chi connectivity index (χ0n) is 7.06. The zero-order chi connectivity index (χ0) is 10.3. The lowest BCUT2D eigenvalue weighted by atomic mass is 10.2. The van der Waals surface area contributed by atoms with Crippen molar-refractivity contribution in [3.05, 3.63) is 35.7 Å². The zero-order valence-corrected chi connectivity index (χ0v) is 7.06.